The summed E-state index contributed by atoms with van der Waals surface area (Å²) in [5, 5.41) is 10.1. The van der Waals surface area contributed by atoms with Crippen LogP contribution in [-0.4, -0.2) is 37.5 Å². The van der Waals surface area contributed by atoms with Gasteiger partial charge in [-0.1, -0.05) is 26.0 Å². The zero-order chi connectivity index (χ0) is 14.4. The highest BCUT2D eigenvalue weighted by Crippen LogP contribution is 2.18. The molecule has 0 aliphatic carbocycles. The number of benzene rings is 1. The molecule has 112 valence electrons. The summed E-state index contributed by atoms with van der Waals surface area (Å²) >= 11 is 0. The molecule has 3 heteroatoms. The van der Waals surface area contributed by atoms with E-state index < -0.39 is 0 Å². The Morgan fingerprint density at radius 1 is 1.10 bits per heavy atom. The molecule has 2 rings (SSSR count). The minimum absolute atomic E-state index is 0.368. The first-order valence-corrected chi connectivity index (χ1v) is 7.89. The number of nitrogens with one attached hydrogen (secondary N) is 1. The number of aliphatic hydroxyl groups is 1. The molecule has 2 N–H and O–H groups in total. The fourth-order valence-electron chi connectivity index (χ4n) is 2.79. The molecule has 0 saturated carbocycles. The molecule has 1 heterocycles. The number of ether oxygens (including phenoxy) is 1. The predicted octanol–water partition coefficient (Wildman–Crippen LogP) is 1.62. The summed E-state index contributed by atoms with van der Waals surface area (Å²) in [6.07, 6.45) is 3.56. The molecule has 0 amide bonds. The standard InChI is InChI=1S/C17H27NO2/c1-14(2)15-6-8-17(9-7-15)20-13-16(19)12-18-10-4-3-5-11-18/h6-9,14,16,19H,3-5,10-13H2,1-2H3/p+1/t16-/m0/s1. The Morgan fingerprint density at radius 2 is 1.75 bits per heavy atom. The van der Waals surface area contributed by atoms with Crippen LogP contribution in [0.4, 0.5) is 0 Å². The number of hydrogen-bond donors (Lipinski definition) is 2. The predicted molar refractivity (Wildman–Crippen MR) is 81.4 cm³/mol. The van der Waals surface area contributed by atoms with Gasteiger partial charge in [0.2, 0.25) is 0 Å². The van der Waals surface area contributed by atoms with Crippen molar-refractivity contribution in [3.05, 3.63) is 29.8 Å². The maximum atomic E-state index is 10.1. The van der Waals surface area contributed by atoms with Gasteiger partial charge in [0.1, 0.15) is 25.0 Å². The van der Waals surface area contributed by atoms with Crippen LogP contribution in [0.1, 0.15) is 44.6 Å². The highest BCUT2D eigenvalue weighted by atomic mass is 16.5. The van der Waals surface area contributed by atoms with Gasteiger partial charge in [-0.25, -0.2) is 0 Å². The lowest BCUT2D eigenvalue weighted by Gasteiger charge is -2.25. The van der Waals surface area contributed by atoms with Crippen LogP contribution in [0.5, 0.6) is 5.75 Å². The maximum Gasteiger partial charge on any atom is 0.137 e. The molecular formula is C17H28NO2+. The number of piperidine rings is 1. The largest absolute Gasteiger partial charge is 0.491 e. The van der Waals surface area contributed by atoms with Crippen molar-refractivity contribution in [3.8, 4) is 5.75 Å². The van der Waals surface area contributed by atoms with E-state index in [1.807, 2.05) is 12.1 Å². The second kappa shape index (κ2) is 7.65. The van der Waals surface area contributed by atoms with Gasteiger partial charge in [-0.05, 0) is 42.9 Å². The number of likely N-dealkylation sites (tertiary alicyclic amines) is 1. The van der Waals surface area contributed by atoms with Crippen molar-refractivity contribution in [2.24, 2.45) is 0 Å². The third kappa shape index (κ3) is 4.80. The third-order valence-corrected chi connectivity index (χ3v) is 4.07. The molecule has 20 heavy (non-hydrogen) atoms. The van der Waals surface area contributed by atoms with Crippen molar-refractivity contribution < 1.29 is 14.7 Å². The Balaban J connectivity index is 1.73. The van der Waals surface area contributed by atoms with Crippen molar-refractivity contribution in [2.45, 2.75) is 45.1 Å². The summed E-state index contributed by atoms with van der Waals surface area (Å²) in [6, 6.07) is 8.19. The zero-order valence-electron chi connectivity index (χ0n) is 12.8. The van der Waals surface area contributed by atoms with Crippen molar-refractivity contribution in [3.63, 3.8) is 0 Å². The van der Waals surface area contributed by atoms with Crippen molar-refractivity contribution >= 4 is 0 Å². The lowest BCUT2D eigenvalue weighted by atomic mass is 10.0. The van der Waals surface area contributed by atoms with Crippen molar-refractivity contribution in [2.75, 3.05) is 26.2 Å². The summed E-state index contributed by atoms with van der Waals surface area (Å²) in [5.41, 5.74) is 1.32. The van der Waals surface area contributed by atoms with Crippen LogP contribution in [0.25, 0.3) is 0 Å². The van der Waals surface area contributed by atoms with Crippen LogP contribution in [0.3, 0.4) is 0 Å². The van der Waals surface area contributed by atoms with Crippen LogP contribution in [-0.2, 0) is 0 Å². The van der Waals surface area contributed by atoms with Crippen LogP contribution in [0.2, 0.25) is 0 Å². The van der Waals surface area contributed by atoms with Crippen LogP contribution >= 0.6 is 0 Å². The normalized spacial score (nSPS) is 18.2. The highest BCUT2D eigenvalue weighted by molar-refractivity contribution is 5.28. The Kier molecular flexibility index (Phi) is 5.86. The van der Waals surface area contributed by atoms with E-state index in [0.29, 0.717) is 12.5 Å². The number of aliphatic hydroxyl groups excluding tert-OH is 1. The minimum Gasteiger partial charge on any atom is -0.491 e. The van der Waals surface area contributed by atoms with E-state index in [1.165, 1.54) is 42.8 Å². The topological polar surface area (TPSA) is 33.9 Å². The van der Waals surface area contributed by atoms with E-state index >= 15 is 0 Å². The van der Waals surface area contributed by atoms with Gasteiger partial charge < -0.3 is 14.7 Å². The van der Waals surface area contributed by atoms with E-state index in [1.54, 1.807) is 0 Å². The van der Waals surface area contributed by atoms with Crippen LogP contribution in [0.15, 0.2) is 24.3 Å². The van der Waals surface area contributed by atoms with Gasteiger partial charge in [0.05, 0.1) is 13.1 Å². The van der Waals surface area contributed by atoms with Crippen LogP contribution in [0, 0.1) is 0 Å². The van der Waals surface area contributed by atoms with Crippen LogP contribution < -0.4 is 9.64 Å². The Labute approximate surface area is 122 Å². The van der Waals surface area contributed by atoms with Gasteiger partial charge >= 0.3 is 0 Å². The van der Waals surface area contributed by atoms with Gasteiger partial charge in [0.25, 0.3) is 0 Å². The lowest BCUT2D eigenvalue weighted by molar-refractivity contribution is -0.908. The molecule has 1 saturated heterocycles. The average Bonchev–Trinajstić information content (AvgIpc) is 2.46. The Hall–Kier alpha value is -1.06. The minimum atomic E-state index is -0.368. The van der Waals surface area contributed by atoms with E-state index in [0.717, 1.165) is 12.3 Å². The van der Waals surface area contributed by atoms with Gasteiger partial charge in [0, 0.05) is 0 Å². The molecule has 0 radical (unpaired) electrons. The highest BCUT2D eigenvalue weighted by Gasteiger charge is 2.18. The van der Waals surface area contributed by atoms with Crippen molar-refractivity contribution in [1.29, 1.82) is 0 Å². The summed E-state index contributed by atoms with van der Waals surface area (Å²) in [5.74, 6) is 1.39. The fraction of sp³-hybridized carbons (Fsp3) is 0.647. The summed E-state index contributed by atoms with van der Waals surface area (Å²) in [7, 11) is 0. The molecular weight excluding hydrogens is 250 g/mol. The van der Waals surface area contributed by atoms with Gasteiger partial charge in [-0.2, -0.15) is 0 Å². The summed E-state index contributed by atoms with van der Waals surface area (Å²) in [4.78, 5) is 1.52. The second-order valence-corrected chi connectivity index (χ2v) is 6.20. The van der Waals surface area contributed by atoms with E-state index in [2.05, 4.69) is 26.0 Å². The first-order chi connectivity index (χ1) is 9.65. The average molecular weight is 278 g/mol. The molecule has 0 bridgehead atoms. The smallest absolute Gasteiger partial charge is 0.137 e. The molecule has 1 atom stereocenters. The molecule has 1 aliphatic heterocycles. The van der Waals surface area contributed by atoms with Gasteiger partial charge in [-0.15, -0.1) is 0 Å². The SMILES string of the molecule is CC(C)c1ccc(OC[C@@H](O)C[NH+]2CCCCC2)cc1. The molecule has 0 spiro atoms. The fourth-order valence-corrected chi connectivity index (χ4v) is 2.79. The quantitative estimate of drug-likeness (QED) is 0.829. The molecule has 1 aromatic carbocycles. The Bertz CT molecular complexity index is 382. The lowest BCUT2D eigenvalue weighted by Crippen LogP contribution is -3.14. The molecule has 1 fully saturated rings. The summed E-state index contributed by atoms with van der Waals surface area (Å²) < 4.78 is 5.68. The molecule has 1 aliphatic rings. The van der Waals surface area contributed by atoms with E-state index in [9.17, 15) is 5.11 Å². The molecule has 0 unspecified atom stereocenters. The number of quaternary nitrogens is 1. The van der Waals surface area contributed by atoms with E-state index in [4.69, 9.17) is 4.74 Å². The number of hydrogen-bond acceptors (Lipinski definition) is 2. The maximum absolute atomic E-state index is 10.1. The first-order valence-electron chi connectivity index (χ1n) is 7.89. The molecule has 3 nitrogen and oxygen atoms in total. The van der Waals surface area contributed by atoms with E-state index in [-0.39, 0.29) is 6.10 Å². The summed E-state index contributed by atoms with van der Waals surface area (Å²) in [6.45, 7) is 7.96. The van der Waals surface area contributed by atoms with Gasteiger partial charge in [0.15, 0.2) is 0 Å². The van der Waals surface area contributed by atoms with Gasteiger partial charge in [-0.3, -0.25) is 0 Å². The zero-order valence-corrected chi connectivity index (χ0v) is 12.8. The Morgan fingerprint density at radius 3 is 2.35 bits per heavy atom. The monoisotopic (exact) mass is 278 g/mol. The molecule has 0 aromatic heterocycles. The van der Waals surface area contributed by atoms with Crippen molar-refractivity contribution in [1.82, 2.24) is 0 Å². The molecule has 1 aromatic rings. The third-order valence-electron chi connectivity index (χ3n) is 4.07. The first kappa shape index (κ1) is 15.3. The second-order valence-electron chi connectivity index (χ2n) is 6.20. The number of rotatable bonds is 6.